The van der Waals surface area contributed by atoms with Gasteiger partial charge in [0.1, 0.15) is 0 Å². The molecule has 0 aromatic heterocycles. The van der Waals surface area contributed by atoms with Crippen molar-refractivity contribution in [3.63, 3.8) is 0 Å². The van der Waals surface area contributed by atoms with Gasteiger partial charge in [-0.1, -0.05) is 66.5 Å². The Bertz CT molecular complexity index is 152. The lowest BCUT2D eigenvalue weighted by atomic mass is 9.83. The summed E-state index contributed by atoms with van der Waals surface area (Å²) >= 11 is 6.75. The Morgan fingerprint density at radius 1 is 1.00 bits per heavy atom. The highest BCUT2D eigenvalue weighted by Crippen LogP contribution is 2.55. The van der Waals surface area contributed by atoms with Crippen molar-refractivity contribution in [2.75, 3.05) is 0 Å². The molecule has 0 bridgehead atoms. The Morgan fingerprint density at radius 3 is 1.43 bits per heavy atom. The summed E-state index contributed by atoms with van der Waals surface area (Å²) in [4.78, 5) is 0. The van der Waals surface area contributed by atoms with Crippen molar-refractivity contribution in [1.29, 1.82) is 0 Å². The average molecular weight is 235 g/mol. The molecule has 0 nitrogen and oxygen atoms in total. The Kier molecular flexibility index (Phi) is 5.75. The van der Waals surface area contributed by atoms with E-state index < -0.39 is 7.38 Å². The van der Waals surface area contributed by atoms with E-state index in [1.54, 1.807) is 0 Å². The summed E-state index contributed by atoms with van der Waals surface area (Å²) in [5.41, 5.74) is 0. The van der Waals surface area contributed by atoms with Gasteiger partial charge in [-0.2, -0.15) is 11.1 Å². The lowest BCUT2D eigenvalue weighted by Gasteiger charge is -2.46. The maximum Gasteiger partial charge on any atom is 0.156 e. The third-order valence-corrected chi connectivity index (χ3v) is 8.83. The summed E-state index contributed by atoms with van der Waals surface area (Å²) in [5, 5.41) is 0.443. The molecule has 0 radical (unpaired) electrons. The molecule has 0 spiro atoms. The number of rotatable bonds is 6. The van der Waals surface area contributed by atoms with Crippen LogP contribution in [0.15, 0.2) is 0 Å². The quantitative estimate of drug-likeness (QED) is 0.425. The predicted octanol–water partition coefficient (Wildman–Crippen LogP) is 5.43. The molecule has 0 saturated heterocycles. The zero-order chi connectivity index (χ0) is 11.4. The van der Waals surface area contributed by atoms with Crippen molar-refractivity contribution >= 4 is 18.5 Å². The van der Waals surface area contributed by atoms with Gasteiger partial charge in [-0.3, -0.25) is 0 Å². The van der Waals surface area contributed by atoms with Crippen molar-refractivity contribution < 1.29 is 0 Å². The van der Waals surface area contributed by atoms with E-state index in [1.165, 1.54) is 25.7 Å². The van der Waals surface area contributed by atoms with E-state index >= 15 is 0 Å². The van der Waals surface area contributed by atoms with Crippen molar-refractivity contribution in [3.05, 3.63) is 0 Å². The third-order valence-electron chi connectivity index (χ3n) is 4.21. The van der Waals surface area contributed by atoms with E-state index in [0.717, 1.165) is 5.92 Å². The summed E-state index contributed by atoms with van der Waals surface area (Å²) in [6.07, 6.45) is 5.06. The van der Waals surface area contributed by atoms with Crippen LogP contribution >= 0.6 is 11.1 Å². The maximum absolute atomic E-state index is 6.75. The van der Waals surface area contributed by atoms with Gasteiger partial charge in [0.05, 0.1) is 0 Å². The normalized spacial score (nSPS) is 13.7. The number of hydrogen-bond donors (Lipinski definition) is 0. The molecular weight excluding hydrogens is 208 g/mol. The molecular formula is C12H27ClSi. The topological polar surface area (TPSA) is 0 Å². The molecule has 0 N–H and O–H groups in total. The fourth-order valence-corrected chi connectivity index (χ4v) is 7.55. The van der Waals surface area contributed by atoms with Gasteiger partial charge in [0, 0.05) is 0 Å². The van der Waals surface area contributed by atoms with E-state index in [0.29, 0.717) is 5.04 Å². The zero-order valence-corrected chi connectivity index (χ0v) is 12.5. The van der Waals surface area contributed by atoms with Crippen LogP contribution in [0.1, 0.15) is 53.4 Å². The van der Waals surface area contributed by atoms with Gasteiger partial charge in [0.2, 0.25) is 0 Å². The highest BCUT2D eigenvalue weighted by molar-refractivity contribution is 7.20. The van der Waals surface area contributed by atoms with E-state index in [2.05, 4.69) is 40.8 Å². The van der Waals surface area contributed by atoms with E-state index in [1.807, 2.05) is 0 Å². The predicted molar refractivity (Wildman–Crippen MR) is 70.7 cm³/mol. The first-order chi connectivity index (χ1) is 6.39. The summed E-state index contributed by atoms with van der Waals surface area (Å²) in [6, 6.07) is 0. The smallest absolute Gasteiger partial charge is 0.156 e. The molecule has 0 aliphatic carbocycles. The third kappa shape index (κ3) is 2.55. The second-order valence-electron chi connectivity index (χ2n) is 4.85. The lowest BCUT2D eigenvalue weighted by Crippen LogP contribution is -2.42. The van der Waals surface area contributed by atoms with Crippen LogP contribution < -0.4 is 0 Å². The van der Waals surface area contributed by atoms with Crippen LogP contribution in [0.4, 0.5) is 0 Å². The van der Waals surface area contributed by atoms with Gasteiger partial charge in [0.15, 0.2) is 7.38 Å². The molecule has 0 aliphatic rings. The Labute approximate surface area is 96.1 Å². The van der Waals surface area contributed by atoms with Crippen LogP contribution in [0, 0.1) is 5.92 Å². The van der Waals surface area contributed by atoms with Gasteiger partial charge in [-0.15, -0.1) is 0 Å². The minimum absolute atomic E-state index is 0.443. The minimum Gasteiger partial charge on any atom is -0.167 e. The molecule has 0 rings (SSSR count). The number of halogens is 1. The van der Waals surface area contributed by atoms with Crippen LogP contribution in [-0.2, 0) is 0 Å². The lowest BCUT2D eigenvalue weighted by molar-refractivity contribution is 0.305. The van der Waals surface area contributed by atoms with Gasteiger partial charge in [-0.25, -0.2) is 0 Å². The monoisotopic (exact) mass is 234 g/mol. The van der Waals surface area contributed by atoms with Gasteiger partial charge in [0.25, 0.3) is 0 Å². The first-order valence-corrected chi connectivity index (χ1v) is 10.1. The van der Waals surface area contributed by atoms with E-state index in [9.17, 15) is 0 Å². The largest absolute Gasteiger partial charge is 0.167 e. The molecule has 86 valence electrons. The van der Waals surface area contributed by atoms with Crippen molar-refractivity contribution in [1.82, 2.24) is 0 Å². The van der Waals surface area contributed by atoms with Crippen molar-refractivity contribution in [2.45, 2.75) is 71.5 Å². The molecule has 0 amide bonds. The molecule has 0 saturated carbocycles. The van der Waals surface area contributed by atoms with Crippen molar-refractivity contribution in [2.24, 2.45) is 5.92 Å². The summed E-state index contributed by atoms with van der Waals surface area (Å²) in [6.45, 7) is 13.9. The molecule has 0 aromatic carbocycles. The molecule has 2 heteroatoms. The van der Waals surface area contributed by atoms with Crippen LogP contribution in [0.3, 0.4) is 0 Å². The highest BCUT2D eigenvalue weighted by Gasteiger charge is 2.47. The standard InChI is InChI=1S/C12H27ClSi/c1-7-11(8-2)12(9-3,10-4)14(5,6)13/h11H,7-10H2,1-6H3. The fraction of sp³-hybridized carbons (Fsp3) is 1.00. The van der Waals surface area contributed by atoms with Crippen molar-refractivity contribution in [3.8, 4) is 0 Å². The summed E-state index contributed by atoms with van der Waals surface area (Å²) < 4.78 is 0. The highest BCUT2D eigenvalue weighted by atomic mass is 35.6. The second-order valence-corrected chi connectivity index (χ2v) is 11.6. The van der Waals surface area contributed by atoms with Crippen LogP contribution in [0.25, 0.3) is 0 Å². The van der Waals surface area contributed by atoms with Crippen LogP contribution in [-0.4, -0.2) is 7.38 Å². The maximum atomic E-state index is 6.75. The Morgan fingerprint density at radius 2 is 1.36 bits per heavy atom. The second kappa shape index (κ2) is 5.55. The summed E-state index contributed by atoms with van der Waals surface area (Å²) in [7, 11) is -1.57. The fourth-order valence-electron chi connectivity index (χ4n) is 3.22. The molecule has 0 atom stereocenters. The van der Waals surface area contributed by atoms with Gasteiger partial charge in [-0.05, 0) is 11.0 Å². The molecule has 0 heterocycles. The first kappa shape index (κ1) is 14.5. The van der Waals surface area contributed by atoms with Gasteiger partial charge >= 0.3 is 0 Å². The Balaban J connectivity index is 5.05. The molecule has 0 aliphatic heterocycles. The molecule has 0 unspecified atom stereocenters. The number of hydrogen-bond acceptors (Lipinski definition) is 0. The van der Waals surface area contributed by atoms with E-state index in [-0.39, 0.29) is 0 Å². The van der Waals surface area contributed by atoms with Crippen LogP contribution in [0.5, 0.6) is 0 Å². The van der Waals surface area contributed by atoms with Crippen LogP contribution in [0.2, 0.25) is 18.1 Å². The molecule has 14 heavy (non-hydrogen) atoms. The SMILES string of the molecule is CCC(CC)C(CC)(CC)[Si](C)(C)Cl. The molecule has 0 fully saturated rings. The van der Waals surface area contributed by atoms with E-state index in [4.69, 9.17) is 11.1 Å². The molecule has 0 aromatic rings. The summed E-state index contributed by atoms with van der Waals surface area (Å²) in [5.74, 6) is 0.816. The zero-order valence-electron chi connectivity index (χ0n) is 10.8. The Hall–Kier alpha value is 0.507. The average Bonchev–Trinajstić information content (AvgIpc) is 2.12. The van der Waals surface area contributed by atoms with Gasteiger partial charge < -0.3 is 0 Å². The first-order valence-electron chi connectivity index (χ1n) is 6.08. The minimum atomic E-state index is -1.57.